The highest BCUT2D eigenvalue weighted by atomic mass is 16.3. The Morgan fingerprint density at radius 2 is 1.89 bits per heavy atom. The molecule has 2 saturated heterocycles. The summed E-state index contributed by atoms with van der Waals surface area (Å²) in [4.78, 5) is 56.6. The molecular weight excluding hydrogens is 460 g/mol. The lowest BCUT2D eigenvalue weighted by Crippen LogP contribution is -2.53. The van der Waals surface area contributed by atoms with Crippen LogP contribution in [0.2, 0.25) is 0 Å². The fraction of sp³-hybridized carbons (Fsp3) is 0.481. The van der Waals surface area contributed by atoms with Crippen molar-refractivity contribution in [2.45, 2.75) is 44.2 Å². The Morgan fingerprint density at radius 1 is 1.08 bits per heavy atom. The van der Waals surface area contributed by atoms with Gasteiger partial charge in [0.1, 0.15) is 18.3 Å². The zero-order valence-electron chi connectivity index (χ0n) is 20.1. The summed E-state index contributed by atoms with van der Waals surface area (Å²) in [6.45, 7) is 0.307. The second-order valence-electron chi connectivity index (χ2n) is 10.1. The maximum Gasteiger partial charge on any atom is 0.270 e. The van der Waals surface area contributed by atoms with E-state index in [0.29, 0.717) is 25.2 Å². The number of H-pyrrole nitrogens is 1. The minimum atomic E-state index is -0.969. The molecule has 1 saturated carbocycles. The number of nitrogens with one attached hydrogen (secondary N) is 3. The second kappa shape index (κ2) is 10.3. The molecule has 190 valence electrons. The predicted octanol–water partition coefficient (Wildman–Crippen LogP) is 1.49. The van der Waals surface area contributed by atoms with Crippen molar-refractivity contribution in [1.29, 1.82) is 0 Å². The molecule has 9 heteroatoms. The number of aromatic amines is 1. The molecular formula is C27H32N4O5. The maximum atomic E-state index is 13.6. The average Bonchev–Trinajstić information content (AvgIpc) is 3.68. The number of fused-ring (bicyclic) bond motifs is 1. The first-order valence-electron chi connectivity index (χ1n) is 12.7. The van der Waals surface area contributed by atoms with Gasteiger partial charge in [-0.15, -0.1) is 0 Å². The van der Waals surface area contributed by atoms with Crippen LogP contribution < -0.4 is 10.6 Å². The van der Waals surface area contributed by atoms with Gasteiger partial charge in [0.2, 0.25) is 11.8 Å². The zero-order chi connectivity index (χ0) is 25.2. The summed E-state index contributed by atoms with van der Waals surface area (Å²) in [5.74, 6) is -1.43. The van der Waals surface area contributed by atoms with E-state index < -0.39 is 30.4 Å². The number of amides is 3. The van der Waals surface area contributed by atoms with E-state index >= 15 is 0 Å². The highest BCUT2D eigenvalue weighted by Crippen LogP contribution is 2.43. The quantitative estimate of drug-likeness (QED) is 0.443. The standard InChI is InChI=1S/C27H32N4O5/c32-15-23(33)22(13-17-11-12-28-25(17)34)30-26(35)24-19-8-4-7-18(19)14-31(24)27(36)21-10-9-20(29-21)16-5-2-1-3-6-16/h1-3,5-6,9-10,17-19,22,24,29,32H,4,7-8,11-15H2,(H,28,34)(H,30,35). The number of rotatable bonds is 8. The molecule has 3 aliphatic rings. The Bertz CT molecular complexity index is 1150. The molecule has 3 heterocycles. The molecule has 4 N–H and O–H groups in total. The monoisotopic (exact) mass is 492 g/mol. The molecule has 5 atom stereocenters. The largest absolute Gasteiger partial charge is 0.389 e. The van der Waals surface area contributed by atoms with Crippen LogP contribution in [-0.4, -0.2) is 70.3 Å². The smallest absolute Gasteiger partial charge is 0.270 e. The summed E-state index contributed by atoms with van der Waals surface area (Å²) < 4.78 is 0. The number of Topliss-reactive ketones (excluding diaryl/α,β-unsaturated/α-hetero) is 1. The number of carbonyl (C=O) groups excluding carboxylic acids is 4. The van der Waals surface area contributed by atoms with Gasteiger partial charge in [-0.1, -0.05) is 36.8 Å². The highest BCUT2D eigenvalue weighted by molar-refractivity contribution is 5.99. The van der Waals surface area contributed by atoms with Crippen LogP contribution in [0.15, 0.2) is 42.5 Å². The number of nitrogens with zero attached hydrogens (tertiary/aromatic N) is 1. The summed E-state index contributed by atoms with van der Waals surface area (Å²) in [7, 11) is 0. The third kappa shape index (κ3) is 4.67. The molecule has 1 aromatic heterocycles. The molecule has 5 rings (SSSR count). The van der Waals surface area contributed by atoms with Crippen LogP contribution >= 0.6 is 0 Å². The lowest BCUT2D eigenvalue weighted by molar-refractivity contribution is -0.133. The van der Waals surface area contributed by atoms with Crippen LogP contribution in [0.1, 0.15) is 42.6 Å². The van der Waals surface area contributed by atoms with Gasteiger partial charge in [-0.2, -0.15) is 0 Å². The minimum absolute atomic E-state index is 0.0252. The number of benzene rings is 1. The van der Waals surface area contributed by atoms with Gasteiger partial charge >= 0.3 is 0 Å². The predicted molar refractivity (Wildman–Crippen MR) is 132 cm³/mol. The molecule has 9 nitrogen and oxygen atoms in total. The molecule has 36 heavy (non-hydrogen) atoms. The third-order valence-electron chi connectivity index (χ3n) is 7.97. The first-order chi connectivity index (χ1) is 17.5. The van der Waals surface area contributed by atoms with Crippen LogP contribution in [0.5, 0.6) is 0 Å². The van der Waals surface area contributed by atoms with Crippen molar-refractivity contribution in [3.05, 3.63) is 48.2 Å². The van der Waals surface area contributed by atoms with E-state index in [-0.39, 0.29) is 36.0 Å². The van der Waals surface area contributed by atoms with E-state index in [4.69, 9.17) is 0 Å². The zero-order valence-corrected chi connectivity index (χ0v) is 20.1. The van der Waals surface area contributed by atoms with Gasteiger partial charge in [0.15, 0.2) is 5.78 Å². The van der Waals surface area contributed by atoms with E-state index in [9.17, 15) is 24.3 Å². The van der Waals surface area contributed by atoms with Crippen LogP contribution in [0, 0.1) is 17.8 Å². The maximum absolute atomic E-state index is 13.6. The SMILES string of the molecule is O=C1NCCC1CC(NC(=O)C1C2CCCC2CN1C(=O)c1ccc(-c2ccccc2)[nH]1)C(=O)CO. The van der Waals surface area contributed by atoms with E-state index in [0.717, 1.165) is 30.5 Å². The molecule has 3 fully saturated rings. The van der Waals surface area contributed by atoms with Gasteiger partial charge < -0.3 is 25.6 Å². The molecule has 2 aliphatic heterocycles. The molecule has 0 spiro atoms. The molecule has 1 aromatic carbocycles. The van der Waals surface area contributed by atoms with E-state index in [2.05, 4.69) is 15.6 Å². The highest BCUT2D eigenvalue weighted by Gasteiger charge is 2.50. The van der Waals surface area contributed by atoms with Crippen molar-refractivity contribution in [3.8, 4) is 11.3 Å². The number of hydrogen-bond acceptors (Lipinski definition) is 5. The number of likely N-dealkylation sites (tertiary alicyclic amines) is 1. The second-order valence-corrected chi connectivity index (χ2v) is 10.1. The first kappa shape index (κ1) is 24.2. The normalized spacial score (nSPS) is 25.9. The molecule has 3 amide bonds. The number of ketones is 1. The lowest BCUT2D eigenvalue weighted by Gasteiger charge is -2.29. The van der Waals surface area contributed by atoms with Crippen molar-refractivity contribution in [2.75, 3.05) is 19.7 Å². The van der Waals surface area contributed by atoms with Gasteiger partial charge in [0, 0.05) is 24.7 Å². The third-order valence-corrected chi connectivity index (χ3v) is 7.97. The van der Waals surface area contributed by atoms with Crippen molar-refractivity contribution in [3.63, 3.8) is 0 Å². The Hall–Kier alpha value is -3.46. The van der Waals surface area contributed by atoms with Gasteiger partial charge in [-0.3, -0.25) is 19.2 Å². The molecule has 5 unspecified atom stereocenters. The van der Waals surface area contributed by atoms with Crippen molar-refractivity contribution in [1.82, 2.24) is 20.5 Å². The summed E-state index contributed by atoms with van der Waals surface area (Å²) in [6.07, 6.45) is 3.53. The fourth-order valence-electron chi connectivity index (χ4n) is 6.10. The van der Waals surface area contributed by atoms with Crippen molar-refractivity contribution < 1.29 is 24.3 Å². The number of aliphatic hydroxyl groups excluding tert-OH is 1. The van der Waals surface area contributed by atoms with Crippen molar-refractivity contribution >= 4 is 23.5 Å². The van der Waals surface area contributed by atoms with Gasteiger partial charge in [-0.05, 0) is 55.2 Å². The molecule has 1 aliphatic carbocycles. The topological polar surface area (TPSA) is 132 Å². The van der Waals surface area contributed by atoms with Crippen LogP contribution in [-0.2, 0) is 14.4 Å². The van der Waals surface area contributed by atoms with Crippen molar-refractivity contribution in [2.24, 2.45) is 17.8 Å². The minimum Gasteiger partial charge on any atom is -0.389 e. The lowest BCUT2D eigenvalue weighted by atomic mass is 9.92. The van der Waals surface area contributed by atoms with Gasteiger partial charge in [-0.25, -0.2) is 0 Å². The molecule has 0 bridgehead atoms. The Labute approximate surface area is 209 Å². The average molecular weight is 493 g/mol. The Morgan fingerprint density at radius 3 is 2.61 bits per heavy atom. The number of aromatic nitrogens is 1. The number of aliphatic hydroxyl groups is 1. The van der Waals surface area contributed by atoms with Crippen LogP contribution in [0.3, 0.4) is 0 Å². The van der Waals surface area contributed by atoms with E-state index in [1.807, 2.05) is 36.4 Å². The number of carbonyl (C=O) groups is 4. The Kier molecular flexibility index (Phi) is 6.91. The summed E-state index contributed by atoms with van der Waals surface area (Å²) >= 11 is 0. The first-order valence-corrected chi connectivity index (χ1v) is 12.7. The molecule has 0 radical (unpaired) electrons. The van der Waals surface area contributed by atoms with Gasteiger partial charge in [0.25, 0.3) is 5.91 Å². The summed E-state index contributed by atoms with van der Waals surface area (Å²) in [6, 6.07) is 11.6. The van der Waals surface area contributed by atoms with Gasteiger partial charge in [0.05, 0.1) is 6.04 Å². The van der Waals surface area contributed by atoms with E-state index in [1.165, 1.54) is 0 Å². The fourth-order valence-corrected chi connectivity index (χ4v) is 6.10. The molecule has 2 aromatic rings. The Balaban J connectivity index is 1.35. The summed E-state index contributed by atoms with van der Waals surface area (Å²) in [5, 5.41) is 15.0. The number of hydrogen-bond donors (Lipinski definition) is 4. The summed E-state index contributed by atoms with van der Waals surface area (Å²) in [5.41, 5.74) is 2.20. The van der Waals surface area contributed by atoms with Crippen LogP contribution in [0.25, 0.3) is 11.3 Å². The van der Waals surface area contributed by atoms with E-state index in [1.54, 1.807) is 11.0 Å². The van der Waals surface area contributed by atoms with Crippen LogP contribution in [0.4, 0.5) is 0 Å².